The van der Waals surface area contributed by atoms with Crippen molar-refractivity contribution in [2.24, 2.45) is 7.05 Å². The molecule has 120 valence electrons. The minimum absolute atomic E-state index is 0.206. The quantitative estimate of drug-likeness (QED) is 0.787. The average Bonchev–Trinajstić information content (AvgIpc) is 2.81. The van der Waals surface area contributed by atoms with Gasteiger partial charge in [0.2, 0.25) is 10.0 Å². The molecule has 3 aromatic rings. The number of rotatable bonds is 4. The summed E-state index contributed by atoms with van der Waals surface area (Å²) in [6, 6.07) is 12.0. The van der Waals surface area contributed by atoms with Gasteiger partial charge in [0.05, 0.1) is 15.9 Å². The van der Waals surface area contributed by atoms with E-state index in [0.717, 1.165) is 16.9 Å². The van der Waals surface area contributed by atoms with Crippen molar-refractivity contribution in [3.8, 4) is 0 Å². The van der Waals surface area contributed by atoms with E-state index in [1.807, 2.05) is 18.5 Å². The molecule has 0 aliphatic carbocycles. The molecule has 0 saturated heterocycles. The van der Waals surface area contributed by atoms with Crippen molar-refractivity contribution in [3.63, 3.8) is 0 Å². The molecule has 3 rings (SSSR count). The van der Waals surface area contributed by atoms with E-state index in [1.165, 1.54) is 0 Å². The Kier molecular flexibility index (Phi) is 4.14. The van der Waals surface area contributed by atoms with Gasteiger partial charge in [0.1, 0.15) is 5.82 Å². The molecule has 0 unspecified atom stereocenters. The first-order valence-electron chi connectivity index (χ1n) is 7.04. The predicted octanol–water partition coefficient (Wildman–Crippen LogP) is 3.01. The molecule has 1 aromatic heterocycles. The highest BCUT2D eigenvalue weighted by Gasteiger charge is 2.16. The summed E-state index contributed by atoms with van der Waals surface area (Å²) in [7, 11) is -1.70. The SMILES string of the molecule is Cc1nc2cc(S(=O)(=O)NCc3ccc(Cl)cc3)ccc2n1C. The molecular weight excluding hydrogens is 334 g/mol. The van der Waals surface area contributed by atoms with Gasteiger partial charge in [-0.2, -0.15) is 0 Å². The summed E-state index contributed by atoms with van der Waals surface area (Å²) in [5.41, 5.74) is 2.41. The van der Waals surface area contributed by atoms with E-state index in [0.29, 0.717) is 10.5 Å². The van der Waals surface area contributed by atoms with Crippen molar-refractivity contribution in [2.75, 3.05) is 0 Å². The number of aryl methyl sites for hydroxylation is 2. The van der Waals surface area contributed by atoms with Gasteiger partial charge >= 0.3 is 0 Å². The number of sulfonamides is 1. The minimum atomic E-state index is -3.60. The number of fused-ring (bicyclic) bond motifs is 1. The topological polar surface area (TPSA) is 64.0 Å². The molecular formula is C16H16ClN3O2S. The summed E-state index contributed by atoms with van der Waals surface area (Å²) >= 11 is 5.82. The van der Waals surface area contributed by atoms with E-state index in [-0.39, 0.29) is 11.4 Å². The van der Waals surface area contributed by atoms with Crippen LogP contribution < -0.4 is 4.72 Å². The van der Waals surface area contributed by atoms with Crippen LogP contribution in [0.2, 0.25) is 5.02 Å². The lowest BCUT2D eigenvalue weighted by Gasteiger charge is -2.07. The maximum Gasteiger partial charge on any atom is 0.240 e. The fourth-order valence-corrected chi connectivity index (χ4v) is 3.49. The van der Waals surface area contributed by atoms with E-state index < -0.39 is 10.0 Å². The standard InChI is InChI=1S/C16H16ClN3O2S/c1-11-19-15-9-14(7-8-16(15)20(11)2)23(21,22)18-10-12-3-5-13(17)6-4-12/h3-9,18H,10H2,1-2H3. The number of hydrogen-bond donors (Lipinski definition) is 1. The molecule has 1 heterocycles. The van der Waals surface area contributed by atoms with Crippen LogP contribution in [0.5, 0.6) is 0 Å². The largest absolute Gasteiger partial charge is 0.331 e. The van der Waals surface area contributed by atoms with Crippen LogP contribution in [0.15, 0.2) is 47.4 Å². The van der Waals surface area contributed by atoms with E-state index >= 15 is 0 Å². The van der Waals surface area contributed by atoms with Gasteiger partial charge in [-0.15, -0.1) is 0 Å². The van der Waals surface area contributed by atoms with Gasteiger partial charge in [-0.25, -0.2) is 18.1 Å². The highest BCUT2D eigenvalue weighted by atomic mass is 35.5. The van der Waals surface area contributed by atoms with Crippen LogP contribution in [0.4, 0.5) is 0 Å². The number of benzene rings is 2. The van der Waals surface area contributed by atoms with Crippen LogP contribution >= 0.6 is 11.6 Å². The zero-order valence-corrected chi connectivity index (χ0v) is 14.3. The van der Waals surface area contributed by atoms with E-state index in [2.05, 4.69) is 9.71 Å². The van der Waals surface area contributed by atoms with Crippen LogP contribution in [0.25, 0.3) is 11.0 Å². The number of aromatic nitrogens is 2. The molecule has 0 aliphatic heterocycles. The molecule has 0 atom stereocenters. The van der Waals surface area contributed by atoms with Gasteiger partial charge in [-0.1, -0.05) is 23.7 Å². The monoisotopic (exact) mass is 349 g/mol. The van der Waals surface area contributed by atoms with Crippen molar-refractivity contribution in [1.82, 2.24) is 14.3 Å². The second-order valence-corrected chi connectivity index (χ2v) is 7.52. The summed E-state index contributed by atoms with van der Waals surface area (Å²) in [6.07, 6.45) is 0. The Morgan fingerprint density at radius 1 is 1.17 bits per heavy atom. The normalized spacial score (nSPS) is 12.0. The first-order chi connectivity index (χ1) is 10.9. The van der Waals surface area contributed by atoms with E-state index in [4.69, 9.17) is 11.6 Å². The fourth-order valence-electron chi connectivity index (χ4n) is 2.33. The molecule has 0 saturated carbocycles. The summed E-state index contributed by atoms with van der Waals surface area (Å²) in [6.45, 7) is 2.09. The van der Waals surface area contributed by atoms with E-state index in [1.54, 1.807) is 42.5 Å². The lowest BCUT2D eigenvalue weighted by molar-refractivity contribution is 0.581. The second kappa shape index (κ2) is 5.96. The summed E-state index contributed by atoms with van der Waals surface area (Å²) < 4.78 is 29.4. The molecule has 0 fully saturated rings. The number of halogens is 1. The Labute approximate surface area is 140 Å². The Bertz CT molecular complexity index is 963. The van der Waals surface area contributed by atoms with Gasteiger partial charge in [-0.05, 0) is 42.8 Å². The summed E-state index contributed by atoms with van der Waals surface area (Å²) in [5.74, 6) is 0.837. The Hall–Kier alpha value is -1.89. The molecule has 2 aromatic carbocycles. The zero-order valence-electron chi connectivity index (χ0n) is 12.7. The van der Waals surface area contributed by atoms with Crippen molar-refractivity contribution < 1.29 is 8.42 Å². The molecule has 0 radical (unpaired) electrons. The first-order valence-corrected chi connectivity index (χ1v) is 8.90. The lowest BCUT2D eigenvalue weighted by Crippen LogP contribution is -2.23. The minimum Gasteiger partial charge on any atom is -0.331 e. The fraction of sp³-hybridized carbons (Fsp3) is 0.188. The smallest absolute Gasteiger partial charge is 0.240 e. The highest BCUT2D eigenvalue weighted by molar-refractivity contribution is 7.89. The molecule has 5 nitrogen and oxygen atoms in total. The third-order valence-electron chi connectivity index (χ3n) is 3.77. The lowest BCUT2D eigenvalue weighted by atomic mass is 10.2. The molecule has 0 spiro atoms. The van der Waals surface area contributed by atoms with Crippen molar-refractivity contribution in [2.45, 2.75) is 18.4 Å². The highest BCUT2D eigenvalue weighted by Crippen LogP contribution is 2.19. The van der Waals surface area contributed by atoms with Gasteiger partial charge < -0.3 is 4.57 Å². The van der Waals surface area contributed by atoms with Crippen molar-refractivity contribution >= 4 is 32.7 Å². The maximum atomic E-state index is 12.4. The second-order valence-electron chi connectivity index (χ2n) is 5.32. The van der Waals surface area contributed by atoms with E-state index in [9.17, 15) is 8.42 Å². The first kappa shape index (κ1) is 16.0. The summed E-state index contributed by atoms with van der Waals surface area (Å²) in [4.78, 5) is 4.58. The number of nitrogens with one attached hydrogen (secondary N) is 1. The Morgan fingerprint density at radius 3 is 2.57 bits per heavy atom. The predicted molar refractivity (Wildman–Crippen MR) is 90.9 cm³/mol. The maximum absolute atomic E-state index is 12.4. The molecule has 0 amide bonds. The molecule has 0 bridgehead atoms. The van der Waals surface area contributed by atoms with Crippen molar-refractivity contribution in [1.29, 1.82) is 0 Å². The van der Waals surface area contributed by atoms with Crippen LogP contribution in [0.1, 0.15) is 11.4 Å². The van der Waals surface area contributed by atoms with Crippen LogP contribution in [0, 0.1) is 6.92 Å². The van der Waals surface area contributed by atoms with Crippen LogP contribution in [-0.4, -0.2) is 18.0 Å². The number of nitrogens with zero attached hydrogens (tertiary/aromatic N) is 2. The summed E-state index contributed by atoms with van der Waals surface area (Å²) in [5, 5.41) is 0.618. The molecule has 0 aliphatic rings. The third-order valence-corrected chi connectivity index (χ3v) is 5.42. The van der Waals surface area contributed by atoms with Gasteiger partial charge in [0.15, 0.2) is 0 Å². The van der Waals surface area contributed by atoms with Crippen molar-refractivity contribution in [3.05, 3.63) is 58.9 Å². The van der Waals surface area contributed by atoms with Crippen LogP contribution in [-0.2, 0) is 23.6 Å². The Morgan fingerprint density at radius 2 is 1.87 bits per heavy atom. The van der Waals surface area contributed by atoms with Gasteiger partial charge in [0.25, 0.3) is 0 Å². The average molecular weight is 350 g/mol. The molecule has 23 heavy (non-hydrogen) atoms. The van der Waals surface area contributed by atoms with Crippen LogP contribution in [0.3, 0.4) is 0 Å². The molecule has 1 N–H and O–H groups in total. The van der Waals surface area contributed by atoms with Gasteiger partial charge in [0, 0.05) is 18.6 Å². The Balaban J connectivity index is 1.85. The number of hydrogen-bond acceptors (Lipinski definition) is 3. The number of imidazole rings is 1. The van der Waals surface area contributed by atoms with Gasteiger partial charge in [-0.3, -0.25) is 0 Å². The third kappa shape index (κ3) is 3.24. The molecule has 7 heteroatoms. The zero-order chi connectivity index (χ0) is 16.6.